The monoisotopic (exact) mass is 680 g/mol. The van der Waals surface area contributed by atoms with Gasteiger partial charge in [-0.25, -0.2) is 4.79 Å². The Morgan fingerprint density at radius 1 is 0.542 bits per heavy atom. The van der Waals surface area contributed by atoms with Gasteiger partial charge in [-0.2, -0.15) is 0 Å². The minimum atomic E-state index is -0.587. The summed E-state index contributed by atoms with van der Waals surface area (Å²) in [5.74, 6) is -0.244. The van der Waals surface area contributed by atoms with Crippen LogP contribution in [-0.2, 0) is 28.5 Å². The number of likely N-dealkylation sites (N-methyl/N-ethyl adjacent to an activating group) is 1. The Labute approximate surface area is 294 Å². The highest BCUT2D eigenvalue weighted by molar-refractivity contribution is 5.69. The third kappa shape index (κ3) is 35.0. The van der Waals surface area contributed by atoms with Crippen LogP contribution in [-0.4, -0.2) is 69.6 Å². The number of carbonyl (C=O) groups excluding carboxylic acids is 3. The maximum absolute atomic E-state index is 12.3. The molecule has 0 fully saturated rings. The zero-order valence-corrected chi connectivity index (χ0v) is 31.5. The normalized spacial score (nSPS) is 11.6. The van der Waals surface area contributed by atoms with Gasteiger partial charge in [0.1, 0.15) is 25.9 Å². The van der Waals surface area contributed by atoms with E-state index in [1.165, 1.54) is 51.4 Å². The molecule has 48 heavy (non-hydrogen) atoms. The predicted molar refractivity (Wildman–Crippen MR) is 197 cm³/mol. The molecule has 0 aliphatic rings. The summed E-state index contributed by atoms with van der Waals surface area (Å²) < 4.78 is 21.6. The topological polar surface area (TPSA) is 91.4 Å². The van der Waals surface area contributed by atoms with E-state index < -0.39 is 6.16 Å². The van der Waals surface area contributed by atoms with Crippen LogP contribution in [0.2, 0.25) is 0 Å². The molecular weight excluding hydrogens is 606 g/mol. The zero-order valence-electron chi connectivity index (χ0n) is 31.5. The lowest BCUT2D eigenvalue weighted by atomic mass is 10.0. The van der Waals surface area contributed by atoms with Crippen LogP contribution >= 0.6 is 0 Å². The average Bonchev–Trinajstić information content (AvgIpc) is 3.05. The van der Waals surface area contributed by atoms with Gasteiger partial charge in [-0.1, -0.05) is 115 Å². The van der Waals surface area contributed by atoms with Crippen molar-refractivity contribution >= 4 is 18.1 Å². The second-order valence-electron chi connectivity index (χ2n) is 13.3. The average molecular weight is 680 g/mol. The molecule has 0 aromatic carbocycles. The number of unbranched alkanes of at least 4 members (excludes halogenated alkanes) is 16. The van der Waals surface area contributed by atoms with Gasteiger partial charge in [0.05, 0.1) is 0 Å². The van der Waals surface area contributed by atoms with Gasteiger partial charge in [0.2, 0.25) is 0 Å². The van der Waals surface area contributed by atoms with Gasteiger partial charge in [-0.15, -0.1) is 0 Å². The number of ether oxygens (including phenoxy) is 4. The van der Waals surface area contributed by atoms with E-state index in [1.807, 2.05) is 31.1 Å². The van der Waals surface area contributed by atoms with Crippen LogP contribution in [0.15, 0.2) is 24.3 Å². The van der Waals surface area contributed by atoms with Crippen molar-refractivity contribution in [2.75, 3.05) is 40.5 Å². The van der Waals surface area contributed by atoms with Crippen molar-refractivity contribution in [2.24, 2.45) is 0 Å². The number of rotatable bonds is 34. The van der Waals surface area contributed by atoms with Gasteiger partial charge in [-0.3, -0.25) is 9.59 Å². The van der Waals surface area contributed by atoms with E-state index in [9.17, 15) is 14.4 Å². The summed E-state index contributed by atoms with van der Waals surface area (Å²) in [5, 5.41) is 0. The fraction of sp³-hybridized carbons (Fsp3) is 0.825. The van der Waals surface area contributed by atoms with Crippen molar-refractivity contribution in [3.05, 3.63) is 24.3 Å². The maximum atomic E-state index is 12.3. The summed E-state index contributed by atoms with van der Waals surface area (Å²) in [5.41, 5.74) is 0. The van der Waals surface area contributed by atoms with Crippen LogP contribution in [0.25, 0.3) is 0 Å². The number of nitrogens with zero attached hydrogens (tertiary/aromatic N) is 1. The van der Waals surface area contributed by atoms with Gasteiger partial charge >= 0.3 is 18.1 Å². The number of hydrogen-bond acceptors (Lipinski definition) is 8. The van der Waals surface area contributed by atoms with Crippen LogP contribution in [0.4, 0.5) is 4.79 Å². The van der Waals surface area contributed by atoms with Crippen molar-refractivity contribution < 1.29 is 33.3 Å². The molecule has 0 rings (SSSR count). The number of allylic oxidation sites excluding steroid dienone is 2. The molecule has 0 radical (unpaired) electrons. The van der Waals surface area contributed by atoms with Gasteiger partial charge < -0.3 is 23.8 Å². The third-order valence-electron chi connectivity index (χ3n) is 8.30. The first-order chi connectivity index (χ1) is 23.4. The summed E-state index contributed by atoms with van der Waals surface area (Å²) in [7, 11) is 3.87. The van der Waals surface area contributed by atoms with Crippen molar-refractivity contribution in [1.29, 1.82) is 0 Å². The molecule has 8 heteroatoms. The molecule has 0 aliphatic heterocycles. The summed E-state index contributed by atoms with van der Waals surface area (Å²) in [6.07, 6.45) is 31.8. The largest absolute Gasteiger partial charge is 0.508 e. The highest BCUT2D eigenvalue weighted by Crippen LogP contribution is 2.18. The van der Waals surface area contributed by atoms with Gasteiger partial charge in [0.15, 0.2) is 0 Å². The van der Waals surface area contributed by atoms with E-state index in [-0.39, 0.29) is 18.0 Å². The Balaban J connectivity index is 4.11. The van der Waals surface area contributed by atoms with E-state index in [4.69, 9.17) is 18.9 Å². The molecule has 0 bridgehead atoms. The van der Waals surface area contributed by atoms with Crippen molar-refractivity contribution in [3.63, 3.8) is 0 Å². The molecule has 8 nitrogen and oxygen atoms in total. The molecule has 0 aromatic rings. The molecule has 0 unspecified atom stereocenters. The SMILES string of the molecule is CCCCCC/C=C\COC(=O)CCCCCCCC(CCCCCCCC(=O)OC/C=C\CCCCCC)OC(=O)OCCN(C)C. The molecule has 0 spiro atoms. The van der Waals surface area contributed by atoms with Crippen LogP contribution in [0.3, 0.4) is 0 Å². The van der Waals surface area contributed by atoms with E-state index in [1.54, 1.807) is 0 Å². The summed E-state index contributed by atoms with van der Waals surface area (Å²) in [6.45, 7) is 6.14. The van der Waals surface area contributed by atoms with E-state index in [0.717, 1.165) is 89.9 Å². The van der Waals surface area contributed by atoms with E-state index >= 15 is 0 Å². The van der Waals surface area contributed by atoms with E-state index in [2.05, 4.69) is 26.0 Å². The lowest BCUT2D eigenvalue weighted by Gasteiger charge is -2.18. The fourth-order valence-corrected chi connectivity index (χ4v) is 5.26. The van der Waals surface area contributed by atoms with Crippen molar-refractivity contribution in [2.45, 2.75) is 174 Å². The predicted octanol–water partition coefficient (Wildman–Crippen LogP) is 10.7. The molecule has 0 saturated carbocycles. The Bertz CT molecular complexity index is 759. The van der Waals surface area contributed by atoms with Crippen LogP contribution < -0.4 is 0 Å². The van der Waals surface area contributed by atoms with Crippen LogP contribution in [0.5, 0.6) is 0 Å². The first-order valence-corrected chi connectivity index (χ1v) is 19.5. The zero-order chi connectivity index (χ0) is 35.3. The third-order valence-corrected chi connectivity index (χ3v) is 8.30. The molecule has 0 amide bonds. The van der Waals surface area contributed by atoms with Gasteiger partial charge in [-0.05, 0) is 78.3 Å². The molecule has 0 aromatic heterocycles. The Kier molecular flexibility index (Phi) is 34.2. The summed E-state index contributed by atoms with van der Waals surface area (Å²) in [6, 6.07) is 0. The second-order valence-corrected chi connectivity index (χ2v) is 13.3. The van der Waals surface area contributed by atoms with Crippen molar-refractivity contribution in [1.82, 2.24) is 4.90 Å². The molecule has 0 heterocycles. The number of esters is 2. The molecule has 0 atom stereocenters. The first-order valence-electron chi connectivity index (χ1n) is 19.5. The molecule has 0 aliphatic carbocycles. The Hall–Kier alpha value is -2.35. The van der Waals surface area contributed by atoms with Gasteiger partial charge in [0.25, 0.3) is 0 Å². The second kappa shape index (κ2) is 35.9. The Morgan fingerprint density at radius 3 is 1.44 bits per heavy atom. The minimum Gasteiger partial charge on any atom is -0.461 e. The number of hydrogen-bond donors (Lipinski definition) is 0. The maximum Gasteiger partial charge on any atom is 0.508 e. The van der Waals surface area contributed by atoms with Gasteiger partial charge in [0, 0.05) is 19.4 Å². The quantitative estimate of drug-likeness (QED) is 0.0287. The lowest BCUT2D eigenvalue weighted by molar-refractivity contribution is -0.143. The molecule has 280 valence electrons. The summed E-state index contributed by atoms with van der Waals surface area (Å²) in [4.78, 5) is 38.2. The molecular formula is C40H73NO7. The molecule has 0 saturated heterocycles. The highest BCUT2D eigenvalue weighted by Gasteiger charge is 2.15. The minimum absolute atomic E-state index is 0.122. The first kappa shape index (κ1) is 45.6. The smallest absolute Gasteiger partial charge is 0.461 e. The van der Waals surface area contributed by atoms with E-state index in [0.29, 0.717) is 39.2 Å². The Morgan fingerprint density at radius 2 is 0.979 bits per heavy atom. The van der Waals surface area contributed by atoms with Crippen LogP contribution in [0.1, 0.15) is 168 Å². The highest BCUT2D eigenvalue weighted by atomic mass is 16.7. The lowest BCUT2D eigenvalue weighted by Crippen LogP contribution is -2.23. The summed E-state index contributed by atoms with van der Waals surface area (Å²) >= 11 is 0. The van der Waals surface area contributed by atoms with Crippen LogP contribution in [0, 0.1) is 0 Å². The standard InChI is InChI=1S/C40H73NO7/c1-5-7-9-11-13-21-27-34-45-38(42)31-25-19-15-17-23-29-37(48-40(44)47-36-33-41(3)4)30-24-18-16-20-26-32-39(43)46-35-28-22-14-12-10-8-6-2/h21-22,27-28,37H,5-20,23-26,29-36H2,1-4H3/b27-21-,28-22-. The number of carbonyl (C=O) groups is 3. The fourth-order valence-electron chi connectivity index (χ4n) is 5.26. The molecule has 0 N–H and O–H groups in total. The van der Waals surface area contributed by atoms with Crippen molar-refractivity contribution in [3.8, 4) is 0 Å².